The highest BCUT2D eigenvalue weighted by atomic mass is 32.2. The molecule has 130 valence electrons. The van der Waals surface area contributed by atoms with Crippen molar-refractivity contribution < 1.29 is 23.1 Å². The Morgan fingerprint density at radius 2 is 1.84 bits per heavy atom. The zero-order chi connectivity index (χ0) is 18.2. The molecule has 3 rings (SSSR count). The molecule has 25 heavy (non-hydrogen) atoms. The maximum atomic E-state index is 11.7. The normalized spacial score (nSPS) is 11.6. The van der Waals surface area contributed by atoms with Crippen LogP contribution in [0, 0.1) is 0 Å². The number of aromatic carboxylic acids is 1. The van der Waals surface area contributed by atoms with E-state index in [1.807, 2.05) is 12.1 Å². The molecule has 1 heterocycles. The highest BCUT2D eigenvalue weighted by molar-refractivity contribution is 7.99. The number of carboxylic acids is 1. The summed E-state index contributed by atoms with van der Waals surface area (Å²) in [6.45, 7) is 0. The molecule has 0 saturated carbocycles. The minimum atomic E-state index is -3.37. The van der Waals surface area contributed by atoms with Crippen LogP contribution in [0.15, 0.2) is 57.2 Å². The molecule has 0 bridgehead atoms. The van der Waals surface area contributed by atoms with Gasteiger partial charge in [0.15, 0.2) is 9.84 Å². The fourth-order valence-electron chi connectivity index (χ4n) is 2.40. The summed E-state index contributed by atoms with van der Waals surface area (Å²) in [6, 6.07) is 11.8. The van der Waals surface area contributed by atoms with E-state index in [0.717, 1.165) is 11.2 Å². The number of rotatable bonds is 5. The molecule has 0 spiro atoms. The molecule has 0 aliphatic rings. The third kappa shape index (κ3) is 3.49. The first kappa shape index (κ1) is 17.4. The molecule has 0 aliphatic heterocycles. The lowest BCUT2D eigenvalue weighted by Gasteiger charge is -2.04. The average molecular weight is 377 g/mol. The molecule has 8 heteroatoms. The number of benzene rings is 2. The summed E-state index contributed by atoms with van der Waals surface area (Å²) in [6.07, 6.45) is 1.11. The largest absolute Gasteiger partial charge is 0.497 e. The highest BCUT2D eigenvalue weighted by Crippen LogP contribution is 2.38. The van der Waals surface area contributed by atoms with Crippen molar-refractivity contribution in [1.82, 2.24) is 4.98 Å². The Labute approximate surface area is 148 Å². The molecule has 0 atom stereocenters. The Morgan fingerprint density at radius 3 is 2.40 bits per heavy atom. The van der Waals surface area contributed by atoms with Crippen molar-refractivity contribution in [3.63, 3.8) is 0 Å². The van der Waals surface area contributed by atoms with E-state index in [1.54, 1.807) is 25.3 Å². The lowest BCUT2D eigenvalue weighted by Crippen LogP contribution is -1.98. The van der Waals surface area contributed by atoms with Gasteiger partial charge in [0.05, 0.1) is 16.9 Å². The molecule has 2 N–H and O–H groups in total. The van der Waals surface area contributed by atoms with Crippen molar-refractivity contribution in [2.75, 3.05) is 13.4 Å². The average Bonchev–Trinajstić information content (AvgIpc) is 2.93. The van der Waals surface area contributed by atoms with Crippen molar-refractivity contribution in [1.29, 1.82) is 0 Å². The zero-order valence-corrected chi connectivity index (χ0v) is 15.1. The third-order valence-corrected chi connectivity index (χ3v) is 5.89. The lowest BCUT2D eigenvalue weighted by molar-refractivity contribution is 0.0687. The van der Waals surface area contributed by atoms with Crippen molar-refractivity contribution in [3.05, 3.63) is 48.2 Å². The third-order valence-electron chi connectivity index (χ3n) is 3.64. The van der Waals surface area contributed by atoms with Crippen LogP contribution in [-0.4, -0.2) is 37.8 Å². The second-order valence-electron chi connectivity index (χ2n) is 5.39. The number of carbonyl (C=O) groups is 1. The predicted molar refractivity (Wildman–Crippen MR) is 95.5 cm³/mol. The minimum Gasteiger partial charge on any atom is -0.497 e. The van der Waals surface area contributed by atoms with Crippen LogP contribution >= 0.6 is 11.8 Å². The van der Waals surface area contributed by atoms with Crippen molar-refractivity contribution in [2.24, 2.45) is 0 Å². The summed E-state index contributed by atoms with van der Waals surface area (Å²) in [5.41, 5.74) is 0.498. The van der Waals surface area contributed by atoms with Gasteiger partial charge in [-0.25, -0.2) is 13.2 Å². The first-order chi connectivity index (χ1) is 11.8. The smallest absolute Gasteiger partial charge is 0.353 e. The number of carboxylic acid groups (broad SMARTS) is 1. The molecular weight excluding hydrogens is 362 g/mol. The summed E-state index contributed by atoms with van der Waals surface area (Å²) in [5.74, 6) is -0.396. The van der Waals surface area contributed by atoms with E-state index in [4.69, 9.17) is 4.74 Å². The Morgan fingerprint density at radius 1 is 1.16 bits per heavy atom. The predicted octanol–water partition coefficient (Wildman–Crippen LogP) is 3.43. The quantitative estimate of drug-likeness (QED) is 0.707. The van der Waals surface area contributed by atoms with Gasteiger partial charge in [0.2, 0.25) is 0 Å². The van der Waals surface area contributed by atoms with E-state index in [9.17, 15) is 18.3 Å². The molecule has 1 aromatic heterocycles. The maximum Gasteiger partial charge on any atom is 0.353 e. The van der Waals surface area contributed by atoms with Gasteiger partial charge in [-0.05, 0) is 36.4 Å². The second kappa shape index (κ2) is 6.45. The Kier molecular flexibility index (Phi) is 4.49. The number of nitrogens with one attached hydrogen (secondary N) is 1. The topological polar surface area (TPSA) is 96.5 Å². The van der Waals surface area contributed by atoms with Gasteiger partial charge in [-0.15, -0.1) is 0 Å². The molecule has 0 radical (unpaired) electrons. The lowest BCUT2D eigenvalue weighted by atomic mass is 10.2. The van der Waals surface area contributed by atoms with Crippen LogP contribution in [0.2, 0.25) is 0 Å². The van der Waals surface area contributed by atoms with Crippen LogP contribution in [0.3, 0.4) is 0 Å². The van der Waals surface area contributed by atoms with Crippen molar-refractivity contribution >= 4 is 38.5 Å². The molecule has 0 amide bonds. The van der Waals surface area contributed by atoms with Crippen LogP contribution in [0.4, 0.5) is 0 Å². The van der Waals surface area contributed by atoms with E-state index in [0.29, 0.717) is 21.5 Å². The number of ether oxygens (including phenoxy) is 1. The van der Waals surface area contributed by atoms with Crippen LogP contribution < -0.4 is 4.74 Å². The first-order valence-corrected chi connectivity index (χ1v) is 9.91. The van der Waals surface area contributed by atoms with Gasteiger partial charge in [0.1, 0.15) is 11.4 Å². The second-order valence-corrected chi connectivity index (χ2v) is 8.49. The van der Waals surface area contributed by atoms with Gasteiger partial charge in [-0.2, -0.15) is 0 Å². The number of aromatic amines is 1. The standard InChI is InChI=1S/C17H15NO5S2/c1-23-10-3-5-11(6-4-10)24-16-13-8-7-12(25(2,21)22)9-14(13)18-15(16)17(19)20/h3-9,18H,1-2H3,(H,19,20). The molecule has 6 nitrogen and oxygen atoms in total. The summed E-state index contributed by atoms with van der Waals surface area (Å²) >= 11 is 1.29. The molecule has 0 saturated heterocycles. The van der Waals surface area contributed by atoms with Crippen LogP contribution in [0.25, 0.3) is 10.9 Å². The molecule has 0 fully saturated rings. The zero-order valence-electron chi connectivity index (χ0n) is 13.4. The summed E-state index contributed by atoms with van der Waals surface area (Å²) in [4.78, 5) is 15.9. The fraction of sp³-hybridized carbons (Fsp3) is 0.118. The Hall–Kier alpha value is -2.45. The van der Waals surface area contributed by atoms with Crippen LogP contribution in [-0.2, 0) is 9.84 Å². The molecule has 2 aromatic carbocycles. The van der Waals surface area contributed by atoms with E-state index in [1.165, 1.54) is 23.9 Å². The maximum absolute atomic E-state index is 11.7. The number of hydrogen-bond donors (Lipinski definition) is 2. The van der Waals surface area contributed by atoms with E-state index in [2.05, 4.69) is 4.98 Å². The Balaban J connectivity index is 2.11. The fourth-order valence-corrected chi connectivity index (χ4v) is 4.08. The summed E-state index contributed by atoms with van der Waals surface area (Å²) in [5, 5.41) is 10.1. The summed E-state index contributed by atoms with van der Waals surface area (Å²) < 4.78 is 28.5. The number of H-pyrrole nitrogens is 1. The van der Waals surface area contributed by atoms with Gasteiger partial charge < -0.3 is 14.8 Å². The van der Waals surface area contributed by atoms with E-state index >= 15 is 0 Å². The Bertz CT molecular complexity index is 1050. The number of sulfone groups is 1. The molecular formula is C17H15NO5S2. The van der Waals surface area contributed by atoms with Crippen LogP contribution in [0.5, 0.6) is 5.75 Å². The van der Waals surface area contributed by atoms with Gasteiger partial charge >= 0.3 is 5.97 Å². The van der Waals surface area contributed by atoms with Crippen molar-refractivity contribution in [3.8, 4) is 5.75 Å². The van der Waals surface area contributed by atoms with Crippen molar-refractivity contribution in [2.45, 2.75) is 14.7 Å². The molecule has 3 aromatic rings. The van der Waals surface area contributed by atoms with Gasteiger partial charge in [-0.1, -0.05) is 17.8 Å². The number of fused-ring (bicyclic) bond motifs is 1. The monoisotopic (exact) mass is 377 g/mol. The number of hydrogen-bond acceptors (Lipinski definition) is 5. The molecule has 0 aliphatic carbocycles. The summed E-state index contributed by atoms with van der Waals surface area (Å²) in [7, 11) is -1.80. The van der Waals surface area contributed by atoms with Gasteiger partial charge in [-0.3, -0.25) is 0 Å². The van der Waals surface area contributed by atoms with E-state index < -0.39 is 15.8 Å². The number of aromatic nitrogens is 1. The minimum absolute atomic E-state index is 0.0291. The number of methoxy groups -OCH3 is 1. The van der Waals surface area contributed by atoms with Gasteiger partial charge in [0.25, 0.3) is 0 Å². The SMILES string of the molecule is COc1ccc(Sc2c(C(=O)O)[nH]c3cc(S(C)(=O)=O)ccc23)cc1. The van der Waals surface area contributed by atoms with E-state index in [-0.39, 0.29) is 10.6 Å². The van der Waals surface area contributed by atoms with Gasteiger partial charge in [0, 0.05) is 22.1 Å². The highest BCUT2D eigenvalue weighted by Gasteiger charge is 2.19. The molecule has 0 unspecified atom stereocenters. The van der Waals surface area contributed by atoms with Crippen LogP contribution in [0.1, 0.15) is 10.5 Å². The first-order valence-electron chi connectivity index (χ1n) is 7.20.